The Labute approximate surface area is 282 Å². The highest BCUT2D eigenvalue weighted by Gasteiger charge is 2.54. The molecule has 4 N–H and O–H groups in total. The number of alkyl halides is 6. The Balaban J connectivity index is 0.000000591. The third-order valence-corrected chi connectivity index (χ3v) is 7.71. The molecule has 0 saturated heterocycles. The molecule has 3 rings (SSSR count). The molecular weight excluding hydrogens is 682 g/mol. The van der Waals surface area contributed by atoms with Crippen LogP contribution in [0.2, 0.25) is 0 Å². The number of thiazole rings is 1. The third kappa shape index (κ3) is 14.2. The first kappa shape index (κ1) is 41.2. The molecule has 0 aliphatic carbocycles. The number of amides is 1. The lowest BCUT2D eigenvalue weighted by Crippen LogP contribution is -2.42. The first-order valence-corrected chi connectivity index (χ1v) is 15.9. The van der Waals surface area contributed by atoms with Crippen LogP contribution in [0.4, 0.5) is 26.3 Å². The highest BCUT2D eigenvalue weighted by Crippen LogP contribution is 2.28. The number of ketones is 2. The average Bonchev–Trinajstić information content (AvgIpc) is 3.41. The molecule has 0 spiro atoms. The number of aromatic amines is 1. The largest absolute Gasteiger partial charge is 0.506 e. The van der Waals surface area contributed by atoms with E-state index >= 15 is 0 Å². The van der Waals surface area contributed by atoms with Gasteiger partial charge in [0.2, 0.25) is 5.91 Å². The van der Waals surface area contributed by atoms with Gasteiger partial charge >= 0.3 is 28.8 Å². The van der Waals surface area contributed by atoms with Crippen LogP contribution in [0.5, 0.6) is 11.5 Å². The molecule has 1 aromatic heterocycles. The van der Waals surface area contributed by atoms with Crippen molar-refractivity contribution in [3.63, 3.8) is 0 Å². The number of methoxy groups -OCH3 is 1. The molecule has 0 radical (unpaired) electrons. The summed E-state index contributed by atoms with van der Waals surface area (Å²) in [5.74, 6) is -5.71. The van der Waals surface area contributed by atoms with E-state index in [1.165, 1.54) is 5.56 Å². The smallest absolute Gasteiger partial charge is 0.458 e. The second kappa shape index (κ2) is 18.2. The zero-order valence-electron chi connectivity index (χ0n) is 27.4. The van der Waals surface area contributed by atoms with Crippen LogP contribution in [0.1, 0.15) is 38.3 Å². The van der Waals surface area contributed by atoms with Crippen molar-refractivity contribution >= 4 is 39.0 Å². The fourth-order valence-corrected chi connectivity index (χ4v) is 5.39. The number of hydrogen-bond donors (Lipinski definition) is 4. The fraction of sp³-hybridized carbons (Fsp3) is 0.500. The summed E-state index contributed by atoms with van der Waals surface area (Å²) in [4.78, 5) is 48.4. The number of phenolic OH excluding ortho intramolecular Hbond substituents is 1. The number of halogens is 6. The third-order valence-electron chi connectivity index (χ3n) is 6.75. The van der Waals surface area contributed by atoms with Crippen LogP contribution in [-0.2, 0) is 27.2 Å². The number of carbonyl (C=O) groups excluding carboxylic acids is 3. The predicted octanol–water partition coefficient (Wildman–Crippen LogP) is 4.78. The number of nitrogens with zero attached hydrogens (tertiary/aromatic N) is 1. The molecule has 0 aliphatic heterocycles. The minimum absolute atomic E-state index is 0.0127. The van der Waals surface area contributed by atoms with Crippen LogP contribution >= 0.6 is 11.3 Å². The van der Waals surface area contributed by atoms with Crippen molar-refractivity contribution in [3.8, 4) is 11.5 Å². The van der Waals surface area contributed by atoms with Gasteiger partial charge in [-0.1, -0.05) is 50.3 Å². The van der Waals surface area contributed by atoms with Gasteiger partial charge in [0.15, 0.2) is 0 Å². The zero-order chi connectivity index (χ0) is 37.0. The van der Waals surface area contributed by atoms with E-state index in [1.54, 1.807) is 13.2 Å². The topological polar surface area (TPSA) is 141 Å². The number of H-pyrrole nitrogens is 1. The number of aromatic nitrogens is 1. The van der Waals surface area contributed by atoms with E-state index in [2.05, 4.69) is 42.5 Å². The molecule has 10 nitrogen and oxygen atoms in total. The number of nitrogens with one attached hydrogen (secondary N) is 3. The average molecular weight is 723 g/mol. The maximum atomic E-state index is 13.0. The molecule has 0 bridgehead atoms. The number of aromatic hydroxyl groups is 1. The minimum atomic E-state index is -5.77. The lowest BCUT2D eigenvalue weighted by atomic mass is 9.96. The lowest BCUT2D eigenvalue weighted by molar-refractivity contribution is -0.193. The molecule has 49 heavy (non-hydrogen) atoms. The van der Waals surface area contributed by atoms with Gasteiger partial charge in [-0.15, -0.1) is 0 Å². The number of hydrogen-bond acceptors (Lipinski definition) is 9. The molecule has 0 saturated carbocycles. The summed E-state index contributed by atoms with van der Waals surface area (Å²) < 4.78 is 73.0. The van der Waals surface area contributed by atoms with Crippen LogP contribution in [0, 0.1) is 5.41 Å². The zero-order valence-corrected chi connectivity index (χ0v) is 28.3. The number of rotatable bonds is 15. The van der Waals surface area contributed by atoms with Gasteiger partial charge in [-0.2, -0.15) is 26.3 Å². The monoisotopic (exact) mass is 722 g/mol. The second-order valence-electron chi connectivity index (χ2n) is 12.1. The molecule has 1 heterocycles. The van der Waals surface area contributed by atoms with Crippen molar-refractivity contribution in [2.45, 2.75) is 52.4 Å². The van der Waals surface area contributed by atoms with Gasteiger partial charge in [0.1, 0.15) is 17.0 Å². The molecule has 0 aliphatic rings. The SMILES string of the molecule is COc1cccc(CCNCCC(=O)N(CCNCCc2ccc(O)c3[nH]c(=O)sc23)CC(C)(C)C)c1.O=C(C(=O)C(F)(F)F)C(F)(F)F. The molecule has 0 fully saturated rings. The first-order valence-electron chi connectivity index (χ1n) is 15.1. The Morgan fingerprint density at radius 2 is 1.51 bits per heavy atom. The molecular formula is C32H40F6N4O6S. The summed E-state index contributed by atoms with van der Waals surface area (Å²) >= 11 is 1.12. The minimum Gasteiger partial charge on any atom is -0.506 e. The van der Waals surface area contributed by atoms with Gasteiger partial charge in [0, 0.05) is 32.6 Å². The summed E-state index contributed by atoms with van der Waals surface area (Å²) in [6.45, 7) is 10.6. The summed E-state index contributed by atoms with van der Waals surface area (Å²) in [5, 5.41) is 16.8. The van der Waals surface area contributed by atoms with Crippen molar-refractivity contribution in [1.29, 1.82) is 0 Å². The summed E-state index contributed by atoms with van der Waals surface area (Å²) in [6, 6.07) is 11.5. The number of benzene rings is 2. The molecule has 17 heteroatoms. The van der Waals surface area contributed by atoms with E-state index in [9.17, 15) is 50.6 Å². The van der Waals surface area contributed by atoms with Crippen molar-refractivity contribution in [2.75, 3.05) is 46.4 Å². The van der Waals surface area contributed by atoms with Crippen LogP contribution in [0.3, 0.4) is 0 Å². The van der Waals surface area contributed by atoms with Crippen molar-refractivity contribution in [2.24, 2.45) is 5.41 Å². The Kier molecular flexibility index (Phi) is 15.3. The number of ether oxygens (including phenoxy) is 1. The van der Waals surface area contributed by atoms with Gasteiger partial charge in [0.25, 0.3) is 0 Å². The van der Waals surface area contributed by atoms with Gasteiger partial charge in [0.05, 0.1) is 11.8 Å². The highest BCUT2D eigenvalue weighted by atomic mass is 32.1. The summed E-state index contributed by atoms with van der Waals surface area (Å²) in [7, 11) is 1.67. The van der Waals surface area contributed by atoms with Crippen LogP contribution in [0.15, 0.2) is 41.2 Å². The van der Waals surface area contributed by atoms with Gasteiger partial charge < -0.3 is 30.4 Å². The predicted molar refractivity (Wildman–Crippen MR) is 173 cm³/mol. The van der Waals surface area contributed by atoms with Crippen molar-refractivity contribution < 1.29 is 50.6 Å². The van der Waals surface area contributed by atoms with Gasteiger partial charge in [-0.3, -0.25) is 19.2 Å². The van der Waals surface area contributed by atoms with Crippen LogP contribution in [0.25, 0.3) is 10.2 Å². The molecule has 3 aromatic rings. The maximum Gasteiger partial charge on any atom is 0.458 e. The first-order chi connectivity index (χ1) is 22.7. The van der Waals surface area contributed by atoms with Crippen molar-refractivity contribution in [3.05, 3.63) is 57.2 Å². The Morgan fingerprint density at radius 1 is 0.898 bits per heavy atom. The normalized spacial score (nSPS) is 12.0. The quantitative estimate of drug-likeness (QED) is 0.0999. The standard InChI is InChI=1S/C28H40N4O4S.C4F6O2/c1-28(2,3)19-32(24(34)12-15-29-13-10-20-6-5-7-22(18-20)36-4)17-16-30-14-11-21-8-9-23(33)25-26(21)37-27(35)31-25;5-3(6,7)1(11)2(12)4(8,9)10/h5-9,18,29-30,33H,10-17,19H2,1-4H3,(H,31,35);. The highest BCUT2D eigenvalue weighted by molar-refractivity contribution is 7.16. The van der Waals surface area contributed by atoms with Gasteiger partial charge in [-0.05, 0) is 60.7 Å². The molecule has 1 amide bonds. The molecule has 0 atom stereocenters. The Bertz CT molecular complexity index is 1590. The van der Waals surface area contributed by atoms with E-state index in [4.69, 9.17) is 4.74 Å². The number of fused-ring (bicyclic) bond motifs is 1. The number of carbonyl (C=O) groups is 3. The number of Topliss-reactive ketones (excluding diaryl/α,β-unsaturated/α-hetero) is 2. The van der Waals surface area contributed by atoms with E-state index < -0.39 is 23.9 Å². The summed E-state index contributed by atoms with van der Waals surface area (Å²) in [6.07, 6.45) is -9.46. The van der Waals surface area contributed by atoms with E-state index in [0.717, 1.165) is 53.3 Å². The molecule has 272 valence electrons. The van der Waals surface area contributed by atoms with Crippen LogP contribution < -0.4 is 20.2 Å². The van der Waals surface area contributed by atoms with Crippen molar-refractivity contribution in [1.82, 2.24) is 20.5 Å². The molecule has 2 aromatic carbocycles. The number of phenols is 1. The van der Waals surface area contributed by atoms with E-state index in [1.807, 2.05) is 29.2 Å². The van der Waals surface area contributed by atoms with Gasteiger partial charge in [-0.25, -0.2) is 0 Å². The fourth-order valence-electron chi connectivity index (χ4n) is 4.49. The Hall–Kier alpha value is -3.96. The van der Waals surface area contributed by atoms with E-state index in [-0.39, 0.29) is 21.9 Å². The van der Waals surface area contributed by atoms with Crippen LogP contribution in [-0.4, -0.2) is 91.2 Å². The lowest BCUT2D eigenvalue weighted by Gasteiger charge is -2.30. The molecule has 0 unspecified atom stereocenters. The second-order valence-corrected chi connectivity index (χ2v) is 13.1. The summed E-state index contributed by atoms with van der Waals surface area (Å²) in [5.41, 5.74) is 2.74. The van der Waals surface area contributed by atoms with E-state index in [0.29, 0.717) is 38.1 Å². The maximum absolute atomic E-state index is 13.0. The Morgan fingerprint density at radius 3 is 2.10 bits per heavy atom.